The molecule has 0 aliphatic heterocycles. The highest BCUT2D eigenvalue weighted by molar-refractivity contribution is 7.13. The van der Waals surface area contributed by atoms with Gasteiger partial charge in [-0.2, -0.15) is 0 Å². The van der Waals surface area contributed by atoms with E-state index in [0.29, 0.717) is 11.1 Å². The van der Waals surface area contributed by atoms with E-state index in [1.54, 1.807) is 0 Å². The first-order valence-electron chi connectivity index (χ1n) is 5.24. The molecule has 0 spiro atoms. The zero-order valence-electron chi connectivity index (χ0n) is 9.95. The second-order valence-electron chi connectivity index (χ2n) is 3.90. The number of hydrogen-bond acceptors (Lipinski definition) is 4. The molecule has 0 saturated carbocycles. The van der Waals surface area contributed by atoms with Gasteiger partial charge >= 0.3 is 0 Å². The van der Waals surface area contributed by atoms with Crippen LogP contribution >= 0.6 is 22.9 Å². The summed E-state index contributed by atoms with van der Waals surface area (Å²) in [6.07, 6.45) is 0. The van der Waals surface area contributed by atoms with Crippen molar-refractivity contribution in [2.24, 2.45) is 0 Å². The quantitative estimate of drug-likeness (QED) is 0.790. The predicted molar refractivity (Wildman–Crippen MR) is 70.2 cm³/mol. The summed E-state index contributed by atoms with van der Waals surface area (Å²) in [6.45, 7) is 6.15. The topological polar surface area (TPSA) is 35.0 Å². The molecule has 3 nitrogen and oxygen atoms in total. The lowest BCUT2D eigenvalue weighted by Crippen LogP contribution is -1.91. The highest BCUT2D eigenvalue weighted by atomic mass is 35.5. The van der Waals surface area contributed by atoms with E-state index in [-0.39, 0.29) is 0 Å². The van der Waals surface area contributed by atoms with Gasteiger partial charge in [-0.3, -0.25) is 0 Å². The van der Waals surface area contributed by atoms with Crippen LogP contribution in [0.25, 0.3) is 0 Å². The standard InChI is InChI=1S/C12H13ClN2OS/c1-7-4-8(2)9(3)10(5-7)16-12-15-14-11(6-13)17-12/h4-5H,6H2,1-3H3. The van der Waals surface area contributed by atoms with E-state index in [2.05, 4.69) is 23.2 Å². The van der Waals surface area contributed by atoms with Crippen LogP contribution in [0.2, 0.25) is 0 Å². The number of halogens is 1. The van der Waals surface area contributed by atoms with E-state index < -0.39 is 0 Å². The fourth-order valence-electron chi connectivity index (χ4n) is 1.53. The Morgan fingerprint density at radius 3 is 2.65 bits per heavy atom. The lowest BCUT2D eigenvalue weighted by Gasteiger charge is -2.09. The zero-order chi connectivity index (χ0) is 12.4. The van der Waals surface area contributed by atoms with Crippen LogP contribution in [0, 0.1) is 20.8 Å². The van der Waals surface area contributed by atoms with Crippen molar-refractivity contribution >= 4 is 22.9 Å². The highest BCUT2D eigenvalue weighted by Gasteiger charge is 2.09. The molecule has 0 aliphatic carbocycles. The molecule has 2 aromatic rings. The Hall–Kier alpha value is -1.13. The second-order valence-corrected chi connectivity index (χ2v) is 5.19. The third kappa shape index (κ3) is 2.76. The molecule has 0 amide bonds. The summed E-state index contributed by atoms with van der Waals surface area (Å²) in [4.78, 5) is 0. The third-order valence-corrected chi connectivity index (χ3v) is 3.74. The Morgan fingerprint density at radius 1 is 1.24 bits per heavy atom. The lowest BCUT2D eigenvalue weighted by atomic mass is 10.1. The molecule has 0 N–H and O–H groups in total. The molecule has 0 saturated heterocycles. The average Bonchev–Trinajstić information content (AvgIpc) is 2.73. The largest absolute Gasteiger partial charge is 0.430 e. The molecule has 0 atom stereocenters. The molecule has 1 heterocycles. The molecule has 90 valence electrons. The van der Waals surface area contributed by atoms with Gasteiger partial charge in [-0.05, 0) is 43.5 Å². The number of hydrogen-bond donors (Lipinski definition) is 0. The first-order valence-corrected chi connectivity index (χ1v) is 6.59. The van der Waals surface area contributed by atoms with Gasteiger partial charge in [-0.25, -0.2) is 0 Å². The minimum absolute atomic E-state index is 0.368. The van der Waals surface area contributed by atoms with E-state index in [1.165, 1.54) is 22.5 Å². The fraction of sp³-hybridized carbons (Fsp3) is 0.333. The summed E-state index contributed by atoms with van der Waals surface area (Å²) >= 11 is 7.05. The average molecular weight is 269 g/mol. The minimum atomic E-state index is 0.368. The van der Waals surface area contributed by atoms with Crippen molar-refractivity contribution in [1.82, 2.24) is 10.2 Å². The minimum Gasteiger partial charge on any atom is -0.430 e. The summed E-state index contributed by atoms with van der Waals surface area (Å²) in [5.74, 6) is 1.20. The normalized spacial score (nSPS) is 10.6. The van der Waals surface area contributed by atoms with Crippen LogP contribution in [0.5, 0.6) is 10.9 Å². The van der Waals surface area contributed by atoms with E-state index in [9.17, 15) is 0 Å². The van der Waals surface area contributed by atoms with Crippen LogP contribution in [-0.4, -0.2) is 10.2 Å². The fourth-order valence-corrected chi connectivity index (χ4v) is 2.30. The van der Waals surface area contributed by atoms with E-state index in [0.717, 1.165) is 16.3 Å². The van der Waals surface area contributed by atoms with Gasteiger partial charge in [-0.15, -0.1) is 16.7 Å². The second kappa shape index (κ2) is 5.02. The number of benzene rings is 1. The van der Waals surface area contributed by atoms with Gasteiger partial charge in [-0.1, -0.05) is 22.5 Å². The molecule has 0 aliphatic rings. The monoisotopic (exact) mass is 268 g/mol. The van der Waals surface area contributed by atoms with E-state index in [4.69, 9.17) is 16.3 Å². The maximum absolute atomic E-state index is 5.74. The molecular weight excluding hydrogens is 256 g/mol. The van der Waals surface area contributed by atoms with Crippen molar-refractivity contribution in [3.63, 3.8) is 0 Å². The number of alkyl halides is 1. The third-order valence-electron chi connectivity index (χ3n) is 2.52. The van der Waals surface area contributed by atoms with Gasteiger partial charge in [0.25, 0.3) is 5.19 Å². The van der Waals surface area contributed by atoms with Gasteiger partial charge in [0.2, 0.25) is 0 Å². The van der Waals surface area contributed by atoms with Crippen LogP contribution in [0.1, 0.15) is 21.7 Å². The van der Waals surface area contributed by atoms with Crippen LogP contribution < -0.4 is 4.74 Å². The Kier molecular flexibility index (Phi) is 3.64. The zero-order valence-corrected chi connectivity index (χ0v) is 11.5. The van der Waals surface area contributed by atoms with Crippen molar-refractivity contribution in [3.8, 4) is 10.9 Å². The Morgan fingerprint density at radius 2 is 2.00 bits per heavy atom. The van der Waals surface area contributed by atoms with Crippen LogP contribution in [-0.2, 0) is 5.88 Å². The SMILES string of the molecule is Cc1cc(C)c(C)c(Oc2nnc(CCl)s2)c1. The van der Waals surface area contributed by atoms with Gasteiger partial charge in [0.1, 0.15) is 10.8 Å². The number of nitrogens with zero attached hydrogens (tertiary/aromatic N) is 2. The summed E-state index contributed by atoms with van der Waals surface area (Å²) in [5.41, 5.74) is 3.51. The van der Waals surface area contributed by atoms with Gasteiger partial charge in [0.05, 0.1) is 5.88 Å². The van der Waals surface area contributed by atoms with Gasteiger partial charge in [0, 0.05) is 0 Å². The molecule has 1 aromatic heterocycles. The molecule has 0 bridgehead atoms. The van der Waals surface area contributed by atoms with Crippen molar-refractivity contribution in [2.45, 2.75) is 26.7 Å². The molecule has 0 radical (unpaired) electrons. The maximum atomic E-state index is 5.74. The van der Waals surface area contributed by atoms with Crippen molar-refractivity contribution in [2.75, 3.05) is 0 Å². The van der Waals surface area contributed by atoms with Crippen molar-refractivity contribution < 1.29 is 4.74 Å². The Labute approximate surface area is 109 Å². The molecule has 1 aromatic carbocycles. The lowest BCUT2D eigenvalue weighted by molar-refractivity contribution is 0.468. The molecule has 0 unspecified atom stereocenters. The summed E-state index contributed by atoms with van der Waals surface area (Å²) in [6, 6.07) is 4.14. The van der Waals surface area contributed by atoms with Crippen LogP contribution in [0.4, 0.5) is 0 Å². The number of aryl methyl sites for hydroxylation is 2. The molecule has 2 rings (SSSR count). The Bertz CT molecular complexity index is 539. The molecular formula is C12H13ClN2OS. The van der Waals surface area contributed by atoms with Crippen molar-refractivity contribution in [1.29, 1.82) is 0 Å². The van der Waals surface area contributed by atoms with Crippen molar-refractivity contribution in [3.05, 3.63) is 33.8 Å². The van der Waals surface area contributed by atoms with Gasteiger partial charge < -0.3 is 4.74 Å². The molecule has 0 fully saturated rings. The predicted octanol–water partition coefficient (Wildman–Crippen LogP) is 3.99. The molecule has 5 heteroatoms. The maximum Gasteiger partial charge on any atom is 0.299 e. The number of rotatable bonds is 3. The van der Waals surface area contributed by atoms with E-state index in [1.807, 2.05) is 19.9 Å². The summed E-state index contributed by atoms with van der Waals surface area (Å²) in [7, 11) is 0. The Balaban J connectivity index is 2.29. The van der Waals surface area contributed by atoms with Crippen LogP contribution in [0.3, 0.4) is 0 Å². The smallest absolute Gasteiger partial charge is 0.299 e. The number of ether oxygens (including phenoxy) is 1. The summed E-state index contributed by atoms with van der Waals surface area (Å²) < 4.78 is 5.74. The number of aromatic nitrogens is 2. The van der Waals surface area contributed by atoms with Gasteiger partial charge in [0.15, 0.2) is 0 Å². The van der Waals surface area contributed by atoms with E-state index >= 15 is 0 Å². The molecule has 17 heavy (non-hydrogen) atoms. The summed E-state index contributed by atoms with van der Waals surface area (Å²) in [5, 5.41) is 9.16. The first kappa shape index (κ1) is 12.3. The first-order chi connectivity index (χ1) is 8.10. The highest BCUT2D eigenvalue weighted by Crippen LogP contribution is 2.30. The van der Waals surface area contributed by atoms with Crippen LogP contribution in [0.15, 0.2) is 12.1 Å².